The summed E-state index contributed by atoms with van der Waals surface area (Å²) in [5, 5.41) is 13.4. The van der Waals surface area contributed by atoms with Crippen molar-refractivity contribution in [2.75, 3.05) is 11.9 Å². The largest absolute Gasteiger partial charge is 0.384 e. The Morgan fingerprint density at radius 3 is 2.50 bits per heavy atom. The van der Waals surface area contributed by atoms with Gasteiger partial charge in [0.25, 0.3) is 0 Å². The maximum Gasteiger partial charge on any atom is 0.125 e. The third-order valence-electron chi connectivity index (χ3n) is 2.77. The van der Waals surface area contributed by atoms with E-state index in [1.165, 1.54) is 0 Å². The number of hydrogen-bond donors (Lipinski definition) is 2. The zero-order valence-electron chi connectivity index (χ0n) is 10.5. The quantitative estimate of drug-likeness (QED) is 0.847. The van der Waals surface area contributed by atoms with Crippen LogP contribution in [0.15, 0.2) is 48.7 Å². The molecule has 1 atom stereocenters. The molecule has 0 aliphatic carbocycles. The van der Waals surface area contributed by atoms with E-state index in [4.69, 9.17) is 0 Å². The van der Waals surface area contributed by atoms with E-state index in [1.807, 2.05) is 42.5 Å². The smallest absolute Gasteiger partial charge is 0.125 e. The third kappa shape index (κ3) is 3.08. The van der Waals surface area contributed by atoms with Gasteiger partial charge in [-0.1, -0.05) is 43.3 Å². The summed E-state index contributed by atoms with van der Waals surface area (Å²) in [7, 11) is 0. The van der Waals surface area contributed by atoms with Crippen molar-refractivity contribution in [3.63, 3.8) is 0 Å². The molecule has 0 aliphatic heterocycles. The molecule has 0 unspecified atom stereocenters. The minimum absolute atomic E-state index is 0.612. The molecule has 18 heavy (non-hydrogen) atoms. The SMILES string of the molecule is CCCNc1ccc([C@H](O)c2ccccc2)cn1. The summed E-state index contributed by atoms with van der Waals surface area (Å²) in [5.41, 5.74) is 1.69. The van der Waals surface area contributed by atoms with E-state index in [9.17, 15) is 5.11 Å². The number of aliphatic hydroxyl groups excluding tert-OH is 1. The molecule has 0 radical (unpaired) electrons. The van der Waals surface area contributed by atoms with Crippen LogP contribution in [0, 0.1) is 0 Å². The second kappa shape index (κ2) is 6.17. The fraction of sp³-hybridized carbons (Fsp3) is 0.267. The highest BCUT2D eigenvalue weighted by Gasteiger charge is 2.09. The van der Waals surface area contributed by atoms with Gasteiger partial charge in [-0.15, -0.1) is 0 Å². The van der Waals surface area contributed by atoms with Gasteiger partial charge in [-0.05, 0) is 18.1 Å². The molecule has 0 fully saturated rings. The lowest BCUT2D eigenvalue weighted by Crippen LogP contribution is -2.04. The molecule has 0 spiro atoms. The van der Waals surface area contributed by atoms with Crippen molar-refractivity contribution < 1.29 is 5.11 Å². The van der Waals surface area contributed by atoms with Crippen LogP contribution in [-0.4, -0.2) is 16.6 Å². The monoisotopic (exact) mass is 242 g/mol. The van der Waals surface area contributed by atoms with Crippen LogP contribution in [0.25, 0.3) is 0 Å². The zero-order chi connectivity index (χ0) is 12.8. The average molecular weight is 242 g/mol. The first-order chi connectivity index (χ1) is 8.81. The van der Waals surface area contributed by atoms with Crippen LogP contribution < -0.4 is 5.32 Å². The number of pyridine rings is 1. The van der Waals surface area contributed by atoms with Crippen molar-refractivity contribution in [3.05, 3.63) is 59.8 Å². The molecular formula is C15H18N2O. The van der Waals surface area contributed by atoms with Gasteiger partial charge in [0.2, 0.25) is 0 Å². The molecule has 0 saturated carbocycles. The number of aromatic nitrogens is 1. The molecule has 0 bridgehead atoms. The van der Waals surface area contributed by atoms with Crippen molar-refractivity contribution >= 4 is 5.82 Å². The molecule has 3 heteroatoms. The molecule has 3 nitrogen and oxygen atoms in total. The zero-order valence-corrected chi connectivity index (χ0v) is 10.5. The molecule has 0 aliphatic rings. The van der Waals surface area contributed by atoms with Gasteiger partial charge < -0.3 is 10.4 Å². The van der Waals surface area contributed by atoms with Crippen LogP contribution in [0.4, 0.5) is 5.82 Å². The number of hydrogen-bond acceptors (Lipinski definition) is 3. The van der Waals surface area contributed by atoms with Gasteiger partial charge in [0.05, 0.1) is 0 Å². The maximum atomic E-state index is 10.2. The Balaban J connectivity index is 2.09. The molecule has 0 saturated heterocycles. The molecule has 1 heterocycles. The summed E-state index contributed by atoms with van der Waals surface area (Å²) in [4.78, 5) is 4.29. The highest BCUT2D eigenvalue weighted by molar-refractivity contribution is 5.37. The van der Waals surface area contributed by atoms with Gasteiger partial charge >= 0.3 is 0 Å². The van der Waals surface area contributed by atoms with Crippen LogP contribution in [0.1, 0.15) is 30.6 Å². The highest BCUT2D eigenvalue weighted by atomic mass is 16.3. The van der Waals surface area contributed by atoms with Gasteiger partial charge in [0.1, 0.15) is 11.9 Å². The van der Waals surface area contributed by atoms with Gasteiger partial charge in [-0.2, -0.15) is 0 Å². The van der Waals surface area contributed by atoms with Crippen LogP contribution in [0.2, 0.25) is 0 Å². The first kappa shape index (κ1) is 12.6. The molecule has 1 aromatic heterocycles. The van der Waals surface area contributed by atoms with Gasteiger partial charge in [0.15, 0.2) is 0 Å². The van der Waals surface area contributed by atoms with E-state index < -0.39 is 6.10 Å². The first-order valence-corrected chi connectivity index (χ1v) is 6.24. The van der Waals surface area contributed by atoms with Crippen LogP contribution >= 0.6 is 0 Å². The Bertz CT molecular complexity index is 468. The van der Waals surface area contributed by atoms with E-state index in [-0.39, 0.29) is 0 Å². The van der Waals surface area contributed by atoms with Gasteiger partial charge in [0, 0.05) is 18.3 Å². The first-order valence-electron chi connectivity index (χ1n) is 6.24. The normalized spacial score (nSPS) is 12.1. The summed E-state index contributed by atoms with van der Waals surface area (Å²) >= 11 is 0. The van der Waals surface area contributed by atoms with Crippen molar-refractivity contribution in [1.82, 2.24) is 4.98 Å². The van der Waals surface area contributed by atoms with E-state index in [0.29, 0.717) is 0 Å². The van der Waals surface area contributed by atoms with Crippen molar-refractivity contribution in [2.45, 2.75) is 19.4 Å². The van der Waals surface area contributed by atoms with Crippen molar-refractivity contribution in [3.8, 4) is 0 Å². The van der Waals surface area contributed by atoms with Crippen molar-refractivity contribution in [1.29, 1.82) is 0 Å². The summed E-state index contributed by atoms with van der Waals surface area (Å²) in [5.74, 6) is 0.848. The summed E-state index contributed by atoms with van der Waals surface area (Å²) < 4.78 is 0. The molecule has 2 aromatic rings. The topological polar surface area (TPSA) is 45.1 Å². The van der Waals surface area contributed by atoms with Gasteiger partial charge in [-0.3, -0.25) is 0 Å². The number of nitrogens with one attached hydrogen (secondary N) is 1. The second-order valence-corrected chi connectivity index (χ2v) is 4.22. The summed E-state index contributed by atoms with van der Waals surface area (Å²) in [6, 6.07) is 13.4. The highest BCUT2D eigenvalue weighted by Crippen LogP contribution is 2.21. The Morgan fingerprint density at radius 2 is 1.89 bits per heavy atom. The fourth-order valence-electron chi connectivity index (χ4n) is 1.75. The average Bonchev–Trinajstić information content (AvgIpc) is 2.46. The lowest BCUT2D eigenvalue weighted by atomic mass is 10.0. The Kier molecular flexibility index (Phi) is 4.31. The molecule has 94 valence electrons. The predicted octanol–water partition coefficient (Wildman–Crippen LogP) is 2.99. The molecule has 2 rings (SSSR count). The molecule has 1 aromatic carbocycles. The Morgan fingerprint density at radius 1 is 1.11 bits per heavy atom. The van der Waals surface area contributed by atoms with E-state index >= 15 is 0 Å². The molecule has 2 N–H and O–H groups in total. The molecular weight excluding hydrogens is 224 g/mol. The Labute approximate surface area is 108 Å². The van der Waals surface area contributed by atoms with E-state index in [1.54, 1.807) is 6.20 Å². The maximum absolute atomic E-state index is 10.2. The lowest BCUT2D eigenvalue weighted by Gasteiger charge is -2.11. The molecule has 0 amide bonds. The van der Waals surface area contributed by atoms with Crippen LogP contribution in [-0.2, 0) is 0 Å². The minimum atomic E-state index is -0.612. The van der Waals surface area contributed by atoms with Crippen LogP contribution in [0.5, 0.6) is 0 Å². The standard InChI is InChI=1S/C15H18N2O/c1-2-10-16-14-9-8-13(11-17-14)15(18)12-6-4-3-5-7-12/h3-9,11,15,18H,2,10H2,1H3,(H,16,17)/t15-/m1/s1. The number of rotatable bonds is 5. The predicted molar refractivity (Wildman–Crippen MR) is 73.5 cm³/mol. The van der Waals surface area contributed by atoms with Crippen LogP contribution in [0.3, 0.4) is 0 Å². The minimum Gasteiger partial charge on any atom is -0.384 e. The Hall–Kier alpha value is -1.87. The second-order valence-electron chi connectivity index (χ2n) is 4.22. The number of aliphatic hydroxyl groups is 1. The third-order valence-corrected chi connectivity index (χ3v) is 2.77. The van der Waals surface area contributed by atoms with Gasteiger partial charge in [-0.25, -0.2) is 4.98 Å². The summed E-state index contributed by atoms with van der Waals surface area (Å²) in [6.45, 7) is 3.02. The number of benzene rings is 1. The fourth-order valence-corrected chi connectivity index (χ4v) is 1.75. The summed E-state index contributed by atoms with van der Waals surface area (Å²) in [6.07, 6.45) is 2.17. The van der Waals surface area contributed by atoms with Crippen molar-refractivity contribution in [2.24, 2.45) is 0 Å². The number of anilines is 1. The lowest BCUT2D eigenvalue weighted by molar-refractivity contribution is 0.220. The van der Waals surface area contributed by atoms with E-state index in [0.717, 1.165) is 29.9 Å². The number of nitrogens with zero attached hydrogens (tertiary/aromatic N) is 1. The van der Waals surface area contributed by atoms with E-state index in [2.05, 4.69) is 17.2 Å².